The highest BCUT2D eigenvalue weighted by atomic mass is 32.2. The summed E-state index contributed by atoms with van der Waals surface area (Å²) >= 11 is 0. The van der Waals surface area contributed by atoms with Crippen LogP contribution >= 0.6 is 0 Å². The minimum atomic E-state index is -3.44. The first kappa shape index (κ1) is 16.1. The SMILES string of the molecule is CNS(=O)(=O)c1ccc(N(C)C2CCC(C)CC2)c(N)c1. The van der Waals surface area contributed by atoms with Gasteiger partial charge in [0.15, 0.2) is 0 Å². The number of nitrogens with two attached hydrogens (primary N) is 1. The van der Waals surface area contributed by atoms with Crippen molar-refractivity contribution in [2.45, 2.75) is 43.5 Å². The number of benzene rings is 1. The van der Waals surface area contributed by atoms with Gasteiger partial charge in [0, 0.05) is 13.1 Å². The van der Waals surface area contributed by atoms with Gasteiger partial charge >= 0.3 is 0 Å². The summed E-state index contributed by atoms with van der Waals surface area (Å²) in [6.45, 7) is 2.29. The van der Waals surface area contributed by atoms with Crippen LogP contribution in [0.2, 0.25) is 0 Å². The van der Waals surface area contributed by atoms with Gasteiger partial charge in [-0.2, -0.15) is 0 Å². The second kappa shape index (κ2) is 6.23. The van der Waals surface area contributed by atoms with Crippen LogP contribution in [0.1, 0.15) is 32.6 Å². The molecule has 1 aliphatic carbocycles. The van der Waals surface area contributed by atoms with Crippen LogP contribution in [0.5, 0.6) is 0 Å². The molecular formula is C15H25N3O2S. The molecule has 5 nitrogen and oxygen atoms in total. The molecule has 0 heterocycles. The second-order valence-corrected chi connectivity index (χ2v) is 7.84. The predicted molar refractivity (Wildman–Crippen MR) is 86.9 cm³/mol. The normalized spacial score (nSPS) is 23.0. The lowest BCUT2D eigenvalue weighted by atomic mass is 9.86. The summed E-state index contributed by atoms with van der Waals surface area (Å²) in [6, 6.07) is 5.43. The van der Waals surface area contributed by atoms with E-state index in [2.05, 4.69) is 16.5 Å². The van der Waals surface area contributed by atoms with E-state index in [-0.39, 0.29) is 4.90 Å². The van der Waals surface area contributed by atoms with Crippen LogP contribution in [0.25, 0.3) is 0 Å². The van der Waals surface area contributed by atoms with Crippen LogP contribution in [0, 0.1) is 5.92 Å². The first-order valence-corrected chi connectivity index (χ1v) is 8.89. The van der Waals surface area contributed by atoms with Gasteiger partial charge in [-0.3, -0.25) is 0 Å². The van der Waals surface area contributed by atoms with Crippen LogP contribution in [0.4, 0.5) is 11.4 Å². The van der Waals surface area contributed by atoms with Crippen LogP contribution in [-0.2, 0) is 10.0 Å². The third-order valence-corrected chi connectivity index (χ3v) is 5.90. The molecule has 1 fully saturated rings. The molecule has 0 amide bonds. The zero-order valence-electron chi connectivity index (χ0n) is 13.0. The summed E-state index contributed by atoms with van der Waals surface area (Å²) in [5, 5.41) is 0. The van der Waals surface area contributed by atoms with Crippen molar-refractivity contribution in [2.75, 3.05) is 24.7 Å². The molecule has 0 atom stereocenters. The fourth-order valence-corrected chi connectivity index (χ4v) is 3.73. The number of sulfonamides is 1. The summed E-state index contributed by atoms with van der Waals surface area (Å²) in [4.78, 5) is 2.40. The molecule has 21 heavy (non-hydrogen) atoms. The summed E-state index contributed by atoms with van der Waals surface area (Å²) < 4.78 is 25.9. The van der Waals surface area contributed by atoms with E-state index in [1.807, 2.05) is 7.05 Å². The molecule has 1 saturated carbocycles. The van der Waals surface area contributed by atoms with E-state index < -0.39 is 10.0 Å². The van der Waals surface area contributed by atoms with Crippen molar-refractivity contribution >= 4 is 21.4 Å². The van der Waals surface area contributed by atoms with Crippen LogP contribution in [-0.4, -0.2) is 28.6 Å². The Bertz CT molecular complexity index is 593. The molecule has 0 aliphatic heterocycles. The maximum Gasteiger partial charge on any atom is 0.240 e. The lowest BCUT2D eigenvalue weighted by molar-refractivity contribution is 0.341. The molecule has 0 saturated heterocycles. The lowest BCUT2D eigenvalue weighted by Gasteiger charge is -2.35. The third kappa shape index (κ3) is 3.49. The van der Waals surface area contributed by atoms with Gasteiger partial charge in [0.2, 0.25) is 10.0 Å². The molecule has 0 aromatic heterocycles. The summed E-state index contributed by atoms with van der Waals surface area (Å²) in [6.07, 6.45) is 4.80. The Morgan fingerprint density at radius 1 is 1.24 bits per heavy atom. The second-order valence-electron chi connectivity index (χ2n) is 5.95. The van der Waals surface area contributed by atoms with E-state index >= 15 is 0 Å². The van der Waals surface area contributed by atoms with Gasteiger partial charge in [0.25, 0.3) is 0 Å². The number of rotatable bonds is 4. The van der Waals surface area contributed by atoms with E-state index in [0.29, 0.717) is 11.7 Å². The molecule has 2 rings (SSSR count). The lowest BCUT2D eigenvalue weighted by Crippen LogP contribution is -2.35. The highest BCUT2D eigenvalue weighted by Gasteiger charge is 2.23. The van der Waals surface area contributed by atoms with Crippen LogP contribution < -0.4 is 15.4 Å². The quantitative estimate of drug-likeness (QED) is 0.836. The van der Waals surface area contributed by atoms with Crippen molar-refractivity contribution in [1.29, 1.82) is 0 Å². The minimum Gasteiger partial charge on any atom is -0.397 e. The topological polar surface area (TPSA) is 75.4 Å². The van der Waals surface area contributed by atoms with E-state index in [1.165, 1.54) is 26.0 Å². The molecule has 1 aromatic carbocycles. The molecule has 1 aliphatic rings. The maximum atomic E-state index is 11.8. The molecule has 0 unspecified atom stereocenters. The first-order valence-electron chi connectivity index (χ1n) is 7.41. The van der Waals surface area contributed by atoms with Crippen molar-refractivity contribution in [3.05, 3.63) is 18.2 Å². The molecule has 118 valence electrons. The van der Waals surface area contributed by atoms with Gasteiger partial charge in [-0.25, -0.2) is 13.1 Å². The van der Waals surface area contributed by atoms with Crippen molar-refractivity contribution in [3.8, 4) is 0 Å². The Labute approximate surface area is 127 Å². The van der Waals surface area contributed by atoms with E-state index in [4.69, 9.17) is 5.73 Å². The average Bonchev–Trinajstić information content (AvgIpc) is 2.47. The van der Waals surface area contributed by atoms with Crippen LogP contribution in [0.3, 0.4) is 0 Å². The molecule has 3 N–H and O–H groups in total. The number of nitrogens with one attached hydrogen (secondary N) is 1. The maximum absolute atomic E-state index is 11.8. The molecule has 0 bridgehead atoms. The fraction of sp³-hybridized carbons (Fsp3) is 0.600. The largest absolute Gasteiger partial charge is 0.397 e. The molecule has 0 radical (unpaired) electrons. The number of nitrogens with zero attached hydrogens (tertiary/aromatic N) is 1. The zero-order chi connectivity index (χ0) is 15.6. The summed E-state index contributed by atoms with van der Waals surface area (Å²) in [5.41, 5.74) is 7.49. The van der Waals surface area contributed by atoms with Gasteiger partial charge in [-0.15, -0.1) is 0 Å². The summed E-state index contributed by atoms with van der Waals surface area (Å²) in [7, 11) is -0.00598. The molecular weight excluding hydrogens is 286 g/mol. The van der Waals surface area contributed by atoms with E-state index in [9.17, 15) is 8.42 Å². The number of anilines is 2. The van der Waals surface area contributed by atoms with E-state index in [1.54, 1.807) is 12.1 Å². The Balaban J connectivity index is 2.21. The molecule has 6 heteroatoms. The average molecular weight is 311 g/mol. The highest BCUT2D eigenvalue weighted by Crippen LogP contribution is 2.32. The van der Waals surface area contributed by atoms with Crippen molar-refractivity contribution < 1.29 is 8.42 Å². The monoisotopic (exact) mass is 311 g/mol. The fourth-order valence-electron chi connectivity index (χ4n) is 2.97. The van der Waals surface area contributed by atoms with Crippen molar-refractivity contribution in [2.24, 2.45) is 5.92 Å². The molecule has 1 aromatic rings. The zero-order valence-corrected chi connectivity index (χ0v) is 13.8. The Hall–Kier alpha value is -1.27. The van der Waals surface area contributed by atoms with Gasteiger partial charge < -0.3 is 10.6 Å². The van der Waals surface area contributed by atoms with Crippen LogP contribution in [0.15, 0.2) is 23.1 Å². The highest BCUT2D eigenvalue weighted by molar-refractivity contribution is 7.89. The number of hydrogen-bond acceptors (Lipinski definition) is 4. The minimum absolute atomic E-state index is 0.205. The predicted octanol–water partition coefficient (Wildman–Crippen LogP) is 2.19. The van der Waals surface area contributed by atoms with Gasteiger partial charge in [-0.1, -0.05) is 6.92 Å². The third-order valence-electron chi connectivity index (χ3n) is 4.49. The van der Waals surface area contributed by atoms with Crippen molar-refractivity contribution in [1.82, 2.24) is 4.72 Å². The smallest absolute Gasteiger partial charge is 0.240 e. The van der Waals surface area contributed by atoms with Crippen molar-refractivity contribution in [3.63, 3.8) is 0 Å². The first-order chi connectivity index (χ1) is 9.85. The number of hydrogen-bond donors (Lipinski definition) is 2. The summed E-state index contributed by atoms with van der Waals surface area (Å²) in [5.74, 6) is 0.801. The Morgan fingerprint density at radius 3 is 2.38 bits per heavy atom. The standard InChI is InChI=1S/C15H25N3O2S/c1-11-4-6-12(7-5-11)18(3)15-9-8-13(10-14(15)16)21(19,20)17-2/h8-12,17H,4-7,16H2,1-3H3. The van der Waals surface area contributed by atoms with Gasteiger partial charge in [-0.05, 0) is 56.8 Å². The molecule has 0 spiro atoms. The van der Waals surface area contributed by atoms with E-state index in [0.717, 1.165) is 24.4 Å². The Kier molecular flexibility index (Phi) is 4.78. The van der Waals surface area contributed by atoms with Gasteiger partial charge in [0.05, 0.1) is 16.3 Å². The Morgan fingerprint density at radius 2 is 1.86 bits per heavy atom. The number of nitrogen functional groups attached to an aromatic ring is 1. The van der Waals surface area contributed by atoms with Gasteiger partial charge in [0.1, 0.15) is 0 Å².